The molecule has 0 saturated carbocycles. The Hall–Kier alpha value is -2.89. The highest BCUT2D eigenvalue weighted by atomic mass is 32.2. The largest absolute Gasteiger partial charge is 0.484 e. The summed E-state index contributed by atoms with van der Waals surface area (Å²) in [6.07, 6.45) is -7.09. The maximum absolute atomic E-state index is 13.6. The number of nitrogens with zero attached hydrogens (tertiary/aromatic N) is 2. The molecule has 3 aromatic rings. The molecule has 1 unspecified atom stereocenters. The number of hydrogen-bond acceptors (Lipinski definition) is 4. The summed E-state index contributed by atoms with van der Waals surface area (Å²) in [6, 6.07) is 6.57. The number of benzene rings is 1. The molecule has 0 saturated heterocycles. The monoisotopic (exact) mass is 450 g/mol. The van der Waals surface area contributed by atoms with E-state index in [0.717, 1.165) is 40.9 Å². The van der Waals surface area contributed by atoms with Crippen molar-refractivity contribution in [3.63, 3.8) is 0 Å². The third-order valence-corrected chi connectivity index (χ3v) is 4.87. The van der Waals surface area contributed by atoms with Gasteiger partial charge in [0, 0.05) is 28.1 Å². The van der Waals surface area contributed by atoms with E-state index in [1.807, 2.05) is 0 Å². The fraction of sp³-hybridized carbons (Fsp3) is 0.222. The average Bonchev–Trinajstić information content (AvgIpc) is 2.65. The fourth-order valence-electron chi connectivity index (χ4n) is 2.65. The van der Waals surface area contributed by atoms with Gasteiger partial charge in [0.2, 0.25) is 0 Å². The van der Waals surface area contributed by atoms with E-state index < -0.39 is 46.6 Å². The van der Waals surface area contributed by atoms with E-state index in [4.69, 9.17) is 0 Å². The normalized spacial score (nSPS) is 13.4. The van der Waals surface area contributed by atoms with Gasteiger partial charge in [-0.1, -0.05) is 12.1 Å². The molecule has 0 fully saturated rings. The predicted molar refractivity (Wildman–Crippen MR) is 95.8 cm³/mol. The number of aromatic nitrogens is 2. The molecule has 0 amide bonds. The molecule has 3 rings (SSSR count). The van der Waals surface area contributed by atoms with Crippen LogP contribution in [0.25, 0.3) is 16.8 Å². The molecule has 0 aliphatic heterocycles. The minimum atomic E-state index is -4.99. The van der Waals surface area contributed by atoms with E-state index in [1.165, 1.54) is 12.3 Å². The van der Waals surface area contributed by atoms with E-state index >= 15 is 0 Å². The van der Waals surface area contributed by atoms with Crippen molar-refractivity contribution in [2.45, 2.75) is 17.2 Å². The van der Waals surface area contributed by atoms with Crippen LogP contribution in [0.1, 0.15) is 5.69 Å². The number of hydrogen-bond donors (Lipinski definition) is 0. The third kappa shape index (κ3) is 4.64. The maximum Gasteiger partial charge on any atom is 0.434 e. The molecule has 0 aliphatic rings. The number of pyridine rings is 1. The summed E-state index contributed by atoms with van der Waals surface area (Å²) in [6.45, 7) is -1.57. The van der Waals surface area contributed by atoms with Crippen LogP contribution >= 0.6 is 0 Å². The summed E-state index contributed by atoms with van der Waals surface area (Å²) in [5.74, 6) is -0.228. The lowest BCUT2D eigenvalue weighted by Crippen LogP contribution is -2.24. The third-order valence-electron chi connectivity index (χ3n) is 3.95. The van der Waals surface area contributed by atoms with Crippen molar-refractivity contribution >= 4 is 16.4 Å². The topological polar surface area (TPSA) is 60.7 Å². The van der Waals surface area contributed by atoms with Crippen molar-refractivity contribution < 1.29 is 35.3 Å². The van der Waals surface area contributed by atoms with Crippen molar-refractivity contribution in [2.24, 2.45) is 0 Å². The Balaban J connectivity index is 2.15. The van der Waals surface area contributed by atoms with Crippen LogP contribution in [-0.4, -0.2) is 32.6 Å². The SMILES string of the molecule is CS(=O)c1ccn2c(=O)c(-c3ccc(OCC(F)(F)F)cc3)c(C(F)(F)F)nc2c1. The minimum absolute atomic E-state index is 0.189. The van der Waals surface area contributed by atoms with Crippen molar-refractivity contribution in [3.05, 3.63) is 58.6 Å². The Morgan fingerprint density at radius 2 is 1.70 bits per heavy atom. The Kier molecular flexibility index (Phi) is 5.63. The van der Waals surface area contributed by atoms with Crippen molar-refractivity contribution in [3.8, 4) is 16.9 Å². The molecule has 0 aliphatic carbocycles. The smallest absolute Gasteiger partial charge is 0.434 e. The van der Waals surface area contributed by atoms with Gasteiger partial charge in [0.05, 0.1) is 5.56 Å². The zero-order valence-corrected chi connectivity index (χ0v) is 15.9. The molecule has 5 nitrogen and oxygen atoms in total. The highest BCUT2D eigenvalue weighted by Gasteiger charge is 2.38. The molecular formula is C18H12F6N2O3S. The summed E-state index contributed by atoms with van der Waals surface area (Å²) in [5.41, 5.74) is -3.81. The molecule has 0 N–H and O–H groups in total. The summed E-state index contributed by atoms with van der Waals surface area (Å²) >= 11 is 0. The summed E-state index contributed by atoms with van der Waals surface area (Å²) in [7, 11) is -1.50. The van der Waals surface area contributed by atoms with Crippen molar-refractivity contribution in [1.29, 1.82) is 0 Å². The standard InChI is InChI=1S/C18H12F6N2O3S/c1-30(28)12-6-7-26-13(8-12)25-15(18(22,23)24)14(16(26)27)10-2-4-11(5-3-10)29-9-17(19,20)21/h2-8H,9H2,1H3. The fourth-order valence-corrected chi connectivity index (χ4v) is 3.17. The first kappa shape index (κ1) is 21.8. The van der Waals surface area contributed by atoms with Crippen LogP contribution in [0, 0.1) is 0 Å². The Bertz CT molecular complexity index is 1170. The zero-order chi connectivity index (χ0) is 22.3. The van der Waals surface area contributed by atoms with Crippen LogP contribution < -0.4 is 10.3 Å². The number of fused-ring (bicyclic) bond motifs is 1. The molecule has 30 heavy (non-hydrogen) atoms. The Morgan fingerprint density at radius 3 is 2.23 bits per heavy atom. The molecule has 0 bridgehead atoms. The molecule has 0 radical (unpaired) electrons. The molecule has 2 aromatic heterocycles. The number of rotatable bonds is 4. The van der Waals surface area contributed by atoms with Gasteiger partial charge in [-0.2, -0.15) is 26.3 Å². The molecular weight excluding hydrogens is 438 g/mol. The van der Waals surface area contributed by atoms with Crippen LogP contribution in [0.15, 0.2) is 52.3 Å². The van der Waals surface area contributed by atoms with Crippen LogP contribution in [0.4, 0.5) is 26.3 Å². The summed E-state index contributed by atoms with van der Waals surface area (Å²) < 4.78 is 94.5. The van der Waals surface area contributed by atoms with E-state index in [1.54, 1.807) is 0 Å². The molecule has 12 heteroatoms. The minimum Gasteiger partial charge on any atom is -0.484 e. The first-order valence-electron chi connectivity index (χ1n) is 8.14. The second kappa shape index (κ2) is 7.74. The zero-order valence-electron chi connectivity index (χ0n) is 15.0. The lowest BCUT2D eigenvalue weighted by Gasteiger charge is -2.14. The van der Waals surface area contributed by atoms with Crippen LogP contribution in [-0.2, 0) is 17.0 Å². The van der Waals surface area contributed by atoms with E-state index in [2.05, 4.69) is 9.72 Å². The Labute approximate surface area is 167 Å². The average molecular weight is 450 g/mol. The molecule has 1 atom stereocenters. The van der Waals surface area contributed by atoms with Gasteiger partial charge in [-0.25, -0.2) is 4.98 Å². The van der Waals surface area contributed by atoms with Gasteiger partial charge < -0.3 is 4.74 Å². The van der Waals surface area contributed by atoms with E-state index in [-0.39, 0.29) is 21.9 Å². The van der Waals surface area contributed by atoms with Gasteiger partial charge in [-0.05, 0) is 29.8 Å². The van der Waals surface area contributed by atoms with Crippen molar-refractivity contribution in [1.82, 2.24) is 9.38 Å². The lowest BCUT2D eigenvalue weighted by atomic mass is 10.0. The first-order chi connectivity index (χ1) is 13.9. The van der Waals surface area contributed by atoms with Gasteiger partial charge in [0.25, 0.3) is 5.56 Å². The van der Waals surface area contributed by atoms with Gasteiger partial charge >= 0.3 is 12.4 Å². The molecule has 160 valence electrons. The maximum atomic E-state index is 13.6. The summed E-state index contributed by atoms with van der Waals surface area (Å²) in [5, 5.41) is 0. The number of alkyl halides is 6. The molecule has 2 heterocycles. The van der Waals surface area contributed by atoms with Gasteiger partial charge in [-0.15, -0.1) is 0 Å². The highest BCUT2D eigenvalue weighted by Crippen LogP contribution is 2.35. The van der Waals surface area contributed by atoms with Crippen LogP contribution in [0.2, 0.25) is 0 Å². The van der Waals surface area contributed by atoms with Crippen molar-refractivity contribution in [2.75, 3.05) is 12.9 Å². The van der Waals surface area contributed by atoms with Gasteiger partial charge in [0.1, 0.15) is 11.4 Å². The van der Waals surface area contributed by atoms with E-state index in [0.29, 0.717) is 0 Å². The highest BCUT2D eigenvalue weighted by molar-refractivity contribution is 7.84. The second-order valence-corrected chi connectivity index (χ2v) is 7.49. The van der Waals surface area contributed by atoms with Gasteiger partial charge in [0.15, 0.2) is 12.3 Å². The van der Waals surface area contributed by atoms with Crippen LogP contribution in [0.5, 0.6) is 5.75 Å². The van der Waals surface area contributed by atoms with Crippen LogP contribution in [0.3, 0.4) is 0 Å². The predicted octanol–water partition coefficient (Wildman–Crippen LogP) is 4.06. The Morgan fingerprint density at radius 1 is 1.07 bits per heavy atom. The van der Waals surface area contributed by atoms with Gasteiger partial charge in [-0.3, -0.25) is 13.4 Å². The molecule has 1 aromatic carbocycles. The number of ether oxygens (including phenoxy) is 1. The quantitative estimate of drug-likeness (QED) is 0.563. The second-order valence-electron chi connectivity index (χ2n) is 6.11. The first-order valence-corrected chi connectivity index (χ1v) is 9.69. The lowest BCUT2D eigenvalue weighted by molar-refractivity contribution is -0.153. The summed E-state index contributed by atoms with van der Waals surface area (Å²) in [4.78, 5) is 16.5. The molecule has 0 spiro atoms. The van der Waals surface area contributed by atoms with E-state index in [9.17, 15) is 35.3 Å². The number of halogens is 6.